The van der Waals surface area contributed by atoms with Gasteiger partial charge in [0.2, 0.25) is 0 Å². The van der Waals surface area contributed by atoms with Crippen molar-refractivity contribution >= 4 is 0 Å². The second-order valence-electron chi connectivity index (χ2n) is 7.37. The lowest BCUT2D eigenvalue weighted by molar-refractivity contribution is 0.235. The lowest BCUT2D eigenvalue weighted by Gasteiger charge is -2.19. The Kier molecular flexibility index (Phi) is 5.82. The SMILES string of the molecule is CCC1CCCN(Cc2cc(CNC(C)(C)C)no2)CC1. The van der Waals surface area contributed by atoms with Gasteiger partial charge in [-0.15, -0.1) is 0 Å². The third kappa shape index (κ3) is 5.79. The molecule has 0 aromatic carbocycles. The molecule has 0 radical (unpaired) electrons. The minimum absolute atomic E-state index is 0.110. The molecule has 2 heterocycles. The zero-order valence-electron chi connectivity index (χ0n) is 14.1. The van der Waals surface area contributed by atoms with Crippen LogP contribution in [0.15, 0.2) is 10.6 Å². The number of aromatic nitrogens is 1. The van der Waals surface area contributed by atoms with E-state index in [0.717, 1.165) is 30.5 Å². The summed E-state index contributed by atoms with van der Waals surface area (Å²) in [6.07, 6.45) is 5.33. The van der Waals surface area contributed by atoms with E-state index in [1.807, 2.05) is 0 Å². The van der Waals surface area contributed by atoms with Gasteiger partial charge in [0.05, 0.1) is 12.2 Å². The molecule has 1 fully saturated rings. The molecule has 2 rings (SSSR count). The van der Waals surface area contributed by atoms with Crippen LogP contribution in [-0.2, 0) is 13.1 Å². The fourth-order valence-electron chi connectivity index (χ4n) is 2.88. The van der Waals surface area contributed by atoms with Crippen LogP contribution in [0.1, 0.15) is 64.8 Å². The van der Waals surface area contributed by atoms with Gasteiger partial charge in [0.1, 0.15) is 0 Å². The Morgan fingerprint density at radius 2 is 2.14 bits per heavy atom. The first-order chi connectivity index (χ1) is 9.96. The number of hydrogen-bond acceptors (Lipinski definition) is 4. The predicted octanol–water partition coefficient (Wildman–Crippen LogP) is 3.57. The maximum atomic E-state index is 5.49. The summed E-state index contributed by atoms with van der Waals surface area (Å²) in [7, 11) is 0. The summed E-state index contributed by atoms with van der Waals surface area (Å²) in [6.45, 7) is 12.8. The first-order valence-electron chi connectivity index (χ1n) is 8.38. The van der Waals surface area contributed by atoms with E-state index >= 15 is 0 Å². The molecule has 0 bridgehead atoms. The van der Waals surface area contributed by atoms with Crippen molar-refractivity contribution in [3.8, 4) is 0 Å². The van der Waals surface area contributed by atoms with Crippen molar-refractivity contribution in [2.75, 3.05) is 13.1 Å². The lowest BCUT2D eigenvalue weighted by atomic mass is 9.98. The highest BCUT2D eigenvalue weighted by atomic mass is 16.5. The summed E-state index contributed by atoms with van der Waals surface area (Å²) in [6, 6.07) is 2.10. The van der Waals surface area contributed by atoms with Gasteiger partial charge in [-0.1, -0.05) is 18.5 Å². The van der Waals surface area contributed by atoms with Gasteiger partial charge in [0, 0.05) is 18.2 Å². The summed E-state index contributed by atoms with van der Waals surface area (Å²) < 4.78 is 5.49. The maximum absolute atomic E-state index is 5.49. The van der Waals surface area contributed by atoms with E-state index in [-0.39, 0.29) is 5.54 Å². The number of rotatable bonds is 5. The van der Waals surface area contributed by atoms with Gasteiger partial charge in [-0.05, 0) is 59.0 Å². The first kappa shape index (κ1) is 16.5. The molecule has 1 aliphatic heterocycles. The summed E-state index contributed by atoms with van der Waals surface area (Å²) >= 11 is 0. The molecule has 120 valence electrons. The molecule has 0 aliphatic carbocycles. The second-order valence-corrected chi connectivity index (χ2v) is 7.37. The van der Waals surface area contributed by atoms with E-state index in [1.165, 1.54) is 38.8 Å². The fraction of sp³-hybridized carbons (Fsp3) is 0.824. The average molecular weight is 293 g/mol. The average Bonchev–Trinajstić information content (AvgIpc) is 2.74. The summed E-state index contributed by atoms with van der Waals surface area (Å²) in [5.41, 5.74) is 1.11. The molecule has 1 aromatic rings. The zero-order valence-corrected chi connectivity index (χ0v) is 14.1. The summed E-state index contributed by atoms with van der Waals surface area (Å²) in [5, 5.41) is 7.62. The highest BCUT2D eigenvalue weighted by Crippen LogP contribution is 2.21. The van der Waals surface area contributed by atoms with E-state index in [0.29, 0.717) is 0 Å². The molecule has 1 N–H and O–H groups in total. The zero-order chi connectivity index (χ0) is 15.3. The molecular weight excluding hydrogens is 262 g/mol. The molecule has 4 nitrogen and oxygen atoms in total. The fourth-order valence-corrected chi connectivity index (χ4v) is 2.88. The molecular formula is C17H31N3O. The first-order valence-corrected chi connectivity index (χ1v) is 8.38. The smallest absolute Gasteiger partial charge is 0.151 e. The minimum atomic E-state index is 0.110. The van der Waals surface area contributed by atoms with Gasteiger partial charge < -0.3 is 9.84 Å². The van der Waals surface area contributed by atoms with Crippen molar-refractivity contribution in [3.63, 3.8) is 0 Å². The van der Waals surface area contributed by atoms with Crippen molar-refractivity contribution in [1.82, 2.24) is 15.4 Å². The lowest BCUT2D eigenvalue weighted by Crippen LogP contribution is -2.35. The Labute approximate surface area is 129 Å². The van der Waals surface area contributed by atoms with Crippen molar-refractivity contribution in [1.29, 1.82) is 0 Å². The highest BCUT2D eigenvalue weighted by Gasteiger charge is 2.17. The molecule has 1 unspecified atom stereocenters. The number of likely N-dealkylation sites (tertiary alicyclic amines) is 1. The monoisotopic (exact) mass is 293 g/mol. The van der Waals surface area contributed by atoms with Gasteiger partial charge in [-0.2, -0.15) is 0 Å². The number of nitrogens with one attached hydrogen (secondary N) is 1. The molecule has 21 heavy (non-hydrogen) atoms. The van der Waals surface area contributed by atoms with Crippen LogP contribution in [0.25, 0.3) is 0 Å². The highest BCUT2D eigenvalue weighted by molar-refractivity contribution is 5.05. The normalized spacial score (nSPS) is 21.4. The van der Waals surface area contributed by atoms with E-state index in [9.17, 15) is 0 Å². The summed E-state index contributed by atoms with van der Waals surface area (Å²) in [4.78, 5) is 2.51. The standard InChI is InChI=1S/C17H31N3O/c1-5-14-7-6-9-20(10-8-14)13-16-11-15(19-21-16)12-18-17(2,3)4/h11,14,18H,5-10,12-13H2,1-4H3. The van der Waals surface area contributed by atoms with E-state index in [1.54, 1.807) is 0 Å². The number of nitrogens with zero attached hydrogens (tertiary/aromatic N) is 2. The Balaban J connectivity index is 1.82. The predicted molar refractivity (Wildman–Crippen MR) is 86.0 cm³/mol. The van der Waals surface area contributed by atoms with Gasteiger partial charge in [-0.25, -0.2) is 0 Å². The van der Waals surface area contributed by atoms with Crippen molar-refractivity contribution in [2.45, 2.75) is 72.0 Å². The third-order valence-electron chi connectivity index (χ3n) is 4.30. The summed E-state index contributed by atoms with van der Waals surface area (Å²) in [5.74, 6) is 1.91. The molecule has 0 spiro atoms. The Morgan fingerprint density at radius 3 is 2.86 bits per heavy atom. The van der Waals surface area contributed by atoms with E-state index in [4.69, 9.17) is 4.52 Å². The van der Waals surface area contributed by atoms with Gasteiger partial charge in [-0.3, -0.25) is 4.90 Å². The van der Waals surface area contributed by atoms with E-state index in [2.05, 4.69) is 49.1 Å². The minimum Gasteiger partial charge on any atom is -0.360 e. The van der Waals surface area contributed by atoms with Crippen LogP contribution in [0.2, 0.25) is 0 Å². The molecule has 0 saturated carbocycles. The second kappa shape index (κ2) is 7.41. The van der Waals surface area contributed by atoms with Crippen LogP contribution < -0.4 is 5.32 Å². The Morgan fingerprint density at radius 1 is 1.33 bits per heavy atom. The van der Waals surface area contributed by atoms with Crippen molar-refractivity contribution in [3.05, 3.63) is 17.5 Å². The third-order valence-corrected chi connectivity index (χ3v) is 4.30. The molecule has 1 saturated heterocycles. The van der Waals surface area contributed by atoms with Gasteiger partial charge in [0.25, 0.3) is 0 Å². The maximum Gasteiger partial charge on any atom is 0.151 e. The van der Waals surface area contributed by atoms with E-state index < -0.39 is 0 Å². The van der Waals surface area contributed by atoms with Crippen LogP contribution >= 0.6 is 0 Å². The van der Waals surface area contributed by atoms with Crippen LogP contribution in [0.3, 0.4) is 0 Å². The molecule has 1 aromatic heterocycles. The molecule has 0 amide bonds. The Hall–Kier alpha value is -0.870. The van der Waals surface area contributed by atoms with Gasteiger partial charge >= 0.3 is 0 Å². The van der Waals surface area contributed by atoms with Crippen LogP contribution in [0.4, 0.5) is 0 Å². The molecule has 4 heteroatoms. The van der Waals surface area contributed by atoms with Crippen molar-refractivity contribution in [2.24, 2.45) is 5.92 Å². The quantitative estimate of drug-likeness (QED) is 0.901. The molecule has 1 atom stereocenters. The topological polar surface area (TPSA) is 41.3 Å². The van der Waals surface area contributed by atoms with Crippen LogP contribution in [0.5, 0.6) is 0 Å². The Bertz CT molecular complexity index is 422. The number of hydrogen-bond donors (Lipinski definition) is 1. The largest absolute Gasteiger partial charge is 0.360 e. The van der Waals surface area contributed by atoms with Crippen LogP contribution in [0, 0.1) is 5.92 Å². The van der Waals surface area contributed by atoms with Gasteiger partial charge in [0.15, 0.2) is 5.76 Å². The van der Waals surface area contributed by atoms with Crippen molar-refractivity contribution < 1.29 is 4.52 Å². The van der Waals surface area contributed by atoms with Crippen LogP contribution in [-0.4, -0.2) is 28.7 Å². The molecule has 1 aliphatic rings.